The number of rotatable bonds is 11. The zero-order valence-corrected chi connectivity index (χ0v) is 11.9. The van der Waals surface area contributed by atoms with Gasteiger partial charge in [0, 0.05) is 19.4 Å². The van der Waals surface area contributed by atoms with Gasteiger partial charge in [-0.25, -0.2) is 0 Å². The molecule has 0 heterocycles. The van der Waals surface area contributed by atoms with Gasteiger partial charge in [-0.05, 0) is 19.3 Å². The van der Waals surface area contributed by atoms with Crippen molar-refractivity contribution in [1.29, 1.82) is 0 Å². The van der Waals surface area contributed by atoms with Gasteiger partial charge in [0.1, 0.15) is 0 Å². The molecule has 0 aromatic carbocycles. The highest BCUT2D eigenvalue weighted by Gasteiger charge is 1.99. The molecule has 0 aromatic rings. The normalized spacial score (nSPS) is 9.58. The van der Waals surface area contributed by atoms with Crippen LogP contribution >= 0.6 is 0 Å². The van der Waals surface area contributed by atoms with Crippen LogP contribution in [0.25, 0.3) is 0 Å². The fourth-order valence-electron chi connectivity index (χ4n) is 1.44. The molecule has 19 heavy (non-hydrogen) atoms. The molecular weight excluding hydrogens is 248 g/mol. The maximum absolute atomic E-state index is 9.90. The molecular formula is C14H28O5. The lowest BCUT2D eigenvalue weighted by atomic mass is 10.1. The van der Waals surface area contributed by atoms with Crippen LogP contribution in [0.15, 0.2) is 0 Å². The molecule has 0 saturated heterocycles. The SMILES string of the molecule is CCCCCCCCO.O=C(O)CCCCC(=O)O. The van der Waals surface area contributed by atoms with Crippen LogP contribution in [0.4, 0.5) is 0 Å². The molecule has 114 valence electrons. The first-order valence-electron chi connectivity index (χ1n) is 7.09. The number of carboxylic acid groups (broad SMARTS) is 2. The number of aliphatic hydroxyl groups is 1. The summed E-state index contributed by atoms with van der Waals surface area (Å²) in [4.78, 5) is 19.8. The molecule has 0 aliphatic heterocycles. The molecule has 0 unspecified atom stereocenters. The van der Waals surface area contributed by atoms with E-state index in [1.54, 1.807) is 0 Å². The van der Waals surface area contributed by atoms with Crippen LogP contribution in [0.5, 0.6) is 0 Å². The summed E-state index contributed by atoms with van der Waals surface area (Å²) in [5, 5.41) is 24.7. The molecule has 0 fully saturated rings. The van der Waals surface area contributed by atoms with E-state index in [1.807, 2.05) is 0 Å². The van der Waals surface area contributed by atoms with Crippen LogP contribution in [0.3, 0.4) is 0 Å². The number of hydrogen-bond donors (Lipinski definition) is 3. The molecule has 0 aromatic heterocycles. The maximum Gasteiger partial charge on any atom is 0.303 e. The molecule has 3 N–H and O–H groups in total. The van der Waals surface area contributed by atoms with Crippen molar-refractivity contribution < 1.29 is 24.9 Å². The van der Waals surface area contributed by atoms with Gasteiger partial charge in [-0.15, -0.1) is 0 Å². The molecule has 0 aliphatic rings. The van der Waals surface area contributed by atoms with Gasteiger partial charge in [0.2, 0.25) is 0 Å². The highest BCUT2D eigenvalue weighted by molar-refractivity contribution is 5.67. The summed E-state index contributed by atoms with van der Waals surface area (Å²) in [6.45, 7) is 2.58. The van der Waals surface area contributed by atoms with E-state index in [1.165, 1.54) is 32.1 Å². The fraction of sp³-hybridized carbons (Fsp3) is 0.857. The topological polar surface area (TPSA) is 94.8 Å². The first-order chi connectivity index (χ1) is 9.04. The number of carbonyl (C=O) groups is 2. The standard InChI is InChI=1S/C8H18O.C6H10O4/c1-2-3-4-5-6-7-8-9;7-5(8)3-1-2-4-6(9)10/h9H,2-8H2,1H3;1-4H2,(H,7,8)(H,9,10). The molecule has 0 amide bonds. The Kier molecular flexibility index (Phi) is 18.0. The van der Waals surface area contributed by atoms with Crippen LogP contribution < -0.4 is 0 Å². The van der Waals surface area contributed by atoms with Crippen LogP contribution in [0, 0.1) is 0 Å². The van der Waals surface area contributed by atoms with Crippen LogP contribution in [-0.2, 0) is 9.59 Å². The minimum Gasteiger partial charge on any atom is -0.481 e. The number of aliphatic hydroxyl groups excluding tert-OH is 1. The Labute approximate surface area is 115 Å². The van der Waals surface area contributed by atoms with Crippen LogP contribution in [0.1, 0.15) is 71.1 Å². The summed E-state index contributed by atoms with van der Waals surface area (Å²) in [6.07, 6.45) is 8.51. The van der Waals surface area contributed by atoms with Crippen molar-refractivity contribution in [3.63, 3.8) is 0 Å². The minimum absolute atomic E-state index is 0.0628. The average molecular weight is 276 g/mol. The molecule has 0 radical (unpaired) electrons. The predicted octanol–water partition coefficient (Wildman–Crippen LogP) is 3.06. The Morgan fingerprint density at radius 3 is 1.53 bits per heavy atom. The van der Waals surface area contributed by atoms with E-state index in [0.717, 1.165) is 6.42 Å². The van der Waals surface area contributed by atoms with E-state index in [0.29, 0.717) is 19.4 Å². The van der Waals surface area contributed by atoms with Crippen LogP contribution in [-0.4, -0.2) is 33.9 Å². The molecule has 0 saturated carbocycles. The van der Waals surface area contributed by atoms with Gasteiger partial charge in [-0.2, -0.15) is 0 Å². The smallest absolute Gasteiger partial charge is 0.303 e. The molecule has 0 aliphatic carbocycles. The maximum atomic E-state index is 9.90. The van der Waals surface area contributed by atoms with E-state index < -0.39 is 11.9 Å². The number of aliphatic carboxylic acids is 2. The Hall–Kier alpha value is -1.10. The van der Waals surface area contributed by atoms with Crippen molar-refractivity contribution >= 4 is 11.9 Å². The van der Waals surface area contributed by atoms with Crippen molar-refractivity contribution in [2.45, 2.75) is 71.1 Å². The molecule has 0 spiro atoms. The van der Waals surface area contributed by atoms with E-state index in [4.69, 9.17) is 15.3 Å². The van der Waals surface area contributed by atoms with Crippen LogP contribution in [0.2, 0.25) is 0 Å². The quantitative estimate of drug-likeness (QED) is 0.504. The van der Waals surface area contributed by atoms with Crippen molar-refractivity contribution in [3.8, 4) is 0 Å². The van der Waals surface area contributed by atoms with Crippen molar-refractivity contribution in [1.82, 2.24) is 0 Å². The minimum atomic E-state index is -0.870. The van der Waals surface area contributed by atoms with Gasteiger partial charge in [0.15, 0.2) is 0 Å². The summed E-state index contributed by atoms with van der Waals surface area (Å²) in [7, 11) is 0. The Morgan fingerprint density at radius 2 is 1.16 bits per heavy atom. The third kappa shape index (κ3) is 26.5. The first kappa shape index (κ1) is 20.2. The Bertz CT molecular complexity index is 194. The third-order valence-corrected chi connectivity index (χ3v) is 2.54. The number of unbranched alkanes of at least 4 members (excludes halogenated alkanes) is 6. The summed E-state index contributed by atoms with van der Waals surface area (Å²) in [5.74, 6) is -1.74. The highest BCUT2D eigenvalue weighted by Crippen LogP contribution is 2.03. The number of hydrogen-bond acceptors (Lipinski definition) is 3. The fourth-order valence-corrected chi connectivity index (χ4v) is 1.44. The first-order valence-corrected chi connectivity index (χ1v) is 7.09. The van der Waals surface area contributed by atoms with Crippen molar-refractivity contribution in [2.75, 3.05) is 6.61 Å². The van der Waals surface area contributed by atoms with Gasteiger partial charge in [-0.1, -0.05) is 39.0 Å². The number of carboxylic acids is 2. The zero-order valence-electron chi connectivity index (χ0n) is 11.9. The lowest BCUT2D eigenvalue weighted by Crippen LogP contribution is -1.97. The highest BCUT2D eigenvalue weighted by atomic mass is 16.4. The lowest BCUT2D eigenvalue weighted by molar-refractivity contribution is -0.139. The second kappa shape index (κ2) is 16.9. The van der Waals surface area contributed by atoms with Gasteiger partial charge in [0.05, 0.1) is 0 Å². The molecule has 5 nitrogen and oxygen atoms in total. The summed E-state index contributed by atoms with van der Waals surface area (Å²) < 4.78 is 0. The van der Waals surface area contributed by atoms with E-state index >= 15 is 0 Å². The lowest BCUT2D eigenvalue weighted by Gasteiger charge is -1.95. The zero-order chi connectivity index (χ0) is 14.9. The second-order valence-electron chi connectivity index (χ2n) is 4.49. The van der Waals surface area contributed by atoms with Crippen molar-refractivity contribution in [3.05, 3.63) is 0 Å². The predicted molar refractivity (Wildman–Crippen MR) is 74.2 cm³/mol. The van der Waals surface area contributed by atoms with E-state index in [-0.39, 0.29) is 12.8 Å². The Balaban J connectivity index is 0. The summed E-state index contributed by atoms with van der Waals surface area (Å²) in [5.41, 5.74) is 0. The molecule has 0 atom stereocenters. The van der Waals surface area contributed by atoms with Gasteiger partial charge in [0.25, 0.3) is 0 Å². The Morgan fingerprint density at radius 1 is 0.737 bits per heavy atom. The summed E-state index contributed by atoms with van der Waals surface area (Å²) in [6, 6.07) is 0. The average Bonchev–Trinajstić information content (AvgIpc) is 2.35. The molecule has 5 heteroatoms. The monoisotopic (exact) mass is 276 g/mol. The van der Waals surface area contributed by atoms with Gasteiger partial charge < -0.3 is 15.3 Å². The largest absolute Gasteiger partial charge is 0.481 e. The molecule has 0 rings (SSSR count). The van der Waals surface area contributed by atoms with Crippen molar-refractivity contribution in [2.24, 2.45) is 0 Å². The van der Waals surface area contributed by atoms with Gasteiger partial charge in [-0.3, -0.25) is 9.59 Å². The third-order valence-electron chi connectivity index (χ3n) is 2.54. The molecule has 0 bridgehead atoms. The van der Waals surface area contributed by atoms with Gasteiger partial charge >= 0.3 is 11.9 Å². The van der Waals surface area contributed by atoms with E-state index in [2.05, 4.69) is 6.92 Å². The second-order valence-corrected chi connectivity index (χ2v) is 4.49. The summed E-state index contributed by atoms with van der Waals surface area (Å²) >= 11 is 0. The van der Waals surface area contributed by atoms with E-state index in [9.17, 15) is 9.59 Å².